The summed E-state index contributed by atoms with van der Waals surface area (Å²) in [6.45, 7) is 2.29. The normalized spacial score (nSPS) is 15.7. The van der Waals surface area contributed by atoms with Crippen LogP contribution >= 0.6 is 15.9 Å². The molecule has 2 aromatic carbocycles. The summed E-state index contributed by atoms with van der Waals surface area (Å²) < 4.78 is 12.2. The number of amides is 1. The molecule has 0 bridgehead atoms. The minimum atomic E-state index is -0.0810. The second-order valence-electron chi connectivity index (χ2n) is 7.03. The van der Waals surface area contributed by atoms with Crippen molar-refractivity contribution in [3.63, 3.8) is 0 Å². The highest BCUT2D eigenvalue weighted by molar-refractivity contribution is 9.10. The van der Waals surface area contributed by atoms with Crippen molar-refractivity contribution in [3.8, 4) is 11.8 Å². The van der Waals surface area contributed by atoms with Gasteiger partial charge in [-0.15, -0.1) is 0 Å². The van der Waals surface area contributed by atoms with Crippen LogP contribution in [0.3, 0.4) is 0 Å². The van der Waals surface area contributed by atoms with Crippen LogP contribution < -0.4 is 4.74 Å². The van der Waals surface area contributed by atoms with Crippen LogP contribution in [0, 0.1) is 11.3 Å². The molecule has 0 radical (unpaired) electrons. The lowest BCUT2D eigenvalue weighted by atomic mass is 10.1. The first-order valence-corrected chi connectivity index (χ1v) is 10.7. The highest BCUT2D eigenvalue weighted by atomic mass is 79.9. The molecule has 1 saturated heterocycles. The lowest BCUT2D eigenvalue weighted by Gasteiger charge is -2.22. The molecular weight excluding hydrogens is 432 g/mol. The fourth-order valence-corrected chi connectivity index (χ4v) is 3.79. The minimum Gasteiger partial charge on any atom is -0.490 e. The number of ether oxygens (including phenoxy) is 2. The van der Waals surface area contributed by atoms with Crippen molar-refractivity contribution in [3.05, 3.63) is 64.1 Å². The zero-order valence-electron chi connectivity index (χ0n) is 16.4. The molecule has 152 valence electrons. The quantitative estimate of drug-likeness (QED) is 0.552. The number of hydrogen-bond donors (Lipinski definition) is 0. The van der Waals surface area contributed by atoms with E-state index in [0.717, 1.165) is 30.3 Å². The van der Waals surface area contributed by atoms with Gasteiger partial charge >= 0.3 is 0 Å². The monoisotopic (exact) mass is 456 g/mol. The number of halogens is 1. The average Bonchev–Trinajstić information content (AvgIpc) is 3.27. The van der Waals surface area contributed by atoms with Gasteiger partial charge in [-0.1, -0.05) is 30.3 Å². The van der Waals surface area contributed by atoms with E-state index in [0.29, 0.717) is 37.4 Å². The van der Waals surface area contributed by atoms with Gasteiger partial charge in [0.2, 0.25) is 0 Å². The van der Waals surface area contributed by atoms with Crippen LogP contribution in [0.2, 0.25) is 0 Å². The zero-order valence-corrected chi connectivity index (χ0v) is 17.9. The number of hydrogen-bond acceptors (Lipinski definition) is 4. The van der Waals surface area contributed by atoms with Gasteiger partial charge in [-0.25, -0.2) is 0 Å². The Bertz CT molecular complexity index is 845. The summed E-state index contributed by atoms with van der Waals surface area (Å²) in [5.41, 5.74) is 1.74. The van der Waals surface area contributed by atoms with E-state index >= 15 is 0 Å². The topological polar surface area (TPSA) is 62.6 Å². The largest absolute Gasteiger partial charge is 0.490 e. The zero-order chi connectivity index (χ0) is 20.5. The molecule has 1 aliphatic rings. The average molecular weight is 457 g/mol. The second-order valence-corrected chi connectivity index (χ2v) is 7.88. The van der Waals surface area contributed by atoms with E-state index in [2.05, 4.69) is 22.0 Å². The predicted octanol–water partition coefficient (Wildman–Crippen LogP) is 4.61. The summed E-state index contributed by atoms with van der Waals surface area (Å²) in [7, 11) is 0. The fourth-order valence-electron chi connectivity index (χ4n) is 3.30. The molecule has 5 nitrogen and oxygen atoms in total. The lowest BCUT2D eigenvalue weighted by Crippen LogP contribution is -2.33. The van der Waals surface area contributed by atoms with Crippen LogP contribution in [0.4, 0.5) is 0 Å². The van der Waals surface area contributed by atoms with Crippen LogP contribution in [0.15, 0.2) is 53.0 Å². The molecular formula is C23H25BrN2O3. The minimum absolute atomic E-state index is 0.0810. The maximum atomic E-state index is 13.0. The van der Waals surface area contributed by atoms with Gasteiger partial charge in [-0.05, 0) is 59.0 Å². The summed E-state index contributed by atoms with van der Waals surface area (Å²) in [5, 5.41) is 8.96. The van der Waals surface area contributed by atoms with Crippen LogP contribution in [0.1, 0.15) is 35.2 Å². The highest BCUT2D eigenvalue weighted by Gasteiger charge is 2.19. The SMILES string of the molecule is N#CCCN(CCc1ccccc1)C(=O)c1ccc(OCC2CCCO2)c(Br)c1. The third kappa shape index (κ3) is 6.31. The number of benzene rings is 2. The van der Waals surface area contributed by atoms with Gasteiger partial charge in [-0.3, -0.25) is 4.79 Å². The van der Waals surface area contributed by atoms with E-state index < -0.39 is 0 Å². The van der Waals surface area contributed by atoms with Gasteiger partial charge in [0, 0.05) is 25.3 Å². The molecule has 1 unspecified atom stereocenters. The van der Waals surface area contributed by atoms with Gasteiger partial charge in [0.05, 0.1) is 23.1 Å². The molecule has 1 heterocycles. The van der Waals surface area contributed by atoms with Crippen molar-refractivity contribution in [1.82, 2.24) is 4.90 Å². The molecule has 0 spiro atoms. The Morgan fingerprint density at radius 3 is 2.76 bits per heavy atom. The molecule has 0 N–H and O–H groups in total. The summed E-state index contributed by atoms with van der Waals surface area (Å²) in [4.78, 5) is 14.8. The molecule has 6 heteroatoms. The van der Waals surface area contributed by atoms with E-state index in [-0.39, 0.29) is 12.0 Å². The molecule has 0 aromatic heterocycles. The van der Waals surface area contributed by atoms with Crippen LogP contribution in [-0.2, 0) is 11.2 Å². The fraction of sp³-hybridized carbons (Fsp3) is 0.391. The van der Waals surface area contributed by atoms with E-state index in [1.54, 1.807) is 17.0 Å². The molecule has 1 atom stereocenters. The molecule has 0 aliphatic carbocycles. The predicted molar refractivity (Wildman–Crippen MR) is 115 cm³/mol. The maximum Gasteiger partial charge on any atom is 0.253 e. The Morgan fingerprint density at radius 2 is 2.07 bits per heavy atom. The summed E-state index contributed by atoms with van der Waals surface area (Å²) >= 11 is 3.51. The van der Waals surface area contributed by atoms with Crippen molar-refractivity contribution in [2.75, 3.05) is 26.3 Å². The van der Waals surface area contributed by atoms with Gasteiger partial charge in [0.1, 0.15) is 12.4 Å². The molecule has 3 rings (SSSR count). The Balaban J connectivity index is 1.64. The summed E-state index contributed by atoms with van der Waals surface area (Å²) in [6, 6.07) is 17.6. The first-order valence-electron chi connectivity index (χ1n) is 9.91. The number of nitriles is 1. The van der Waals surface area contributed by atoms with Crippen LogP contribution in [-0.4, -0.2) is 43.2 Å². The molecule has 2 aromatic rings. The van der Waals surface area contributed by atoms with Crippen molar-refractivity contribution >= 4 is 21.8 Å². The first kappa shape index (κ1) is 21.4. The highest BCUT2D eigenvalue weighted by Crippen LogP contribution is 2.27. The van der Waals surface area contributed by atoms with Crippen molar-refractivity contribution in [1.29, 1.82) is 5.26 Å². The van der Waals surface area contributed by atoms with E-state index in [4.69, 9.17) is 14.7 Å². The lowest BCUT2D eigenvalue weighted by molar-refractivity contribution is 0.0676. The number of rotatable bonds is 9. The van der Waals surface area contributed by atoms with Crippen molar-refractivity contribution < 1.29 is 14.3 Å². The summed E-state index contributed by atoms with van der Waals surface area (Å²) in [5.74, 6) is 0.618. The Labute approximate surface area is 180 Å². The van der Waals surface area contributed by atoms with E-state index in [1.807, 2.05) is 36.4 Å². The van der Waals surface area contributed by atoms with Crippen molar-refractivity contribution in [2.24, 2.45) is 0 Å². The molecule has 1 amide bonds. The van der Waals surface area contributed by atoms with E-state index in [1.165, 1.54) is 5.56 Å². The van der Waals surface area contributed by atoms with Gasteiger partial charge < -0.3 is 14.4 Å². The second kappa shape index (κ2) is 11.0. The third-order valence-corrected chi connectivity index (χ3v) is 5.54. The Hall–Kier alpha value is -2.36. The standard InChI is InChI=1S/C23H25BrN2O3/c24-21-16-19(9-10-22(21)29-17-20-8-4-15-28-20)23(27)26(13-5-12-25)14-11-18-6-2-1-3-7-18/h1-3,6-7,9-10,16,20H,4-5,8,11,13-15,17H2. The van der Waals surface area contributed by atoms with E-state index in [9.17, 15) is 4.79 Å². The molecule has 0 saturated carbocycles. The first-order chi connectivity index (χ1) is 14.2. The van der Waals surface area contributed by atoms with Gasteiger partial charge in [-0.2, -0.15) is 5.26 Å². The Morgan fingerprint density at radius 1 is 1.24 bits per heavy atom. The molecule has 1 aliphatic heterocycles. The number of carbonyl (C=O) groups is 1. The smallest absolute Gasteiger partial charge is 0.253 e. The van der Waals surface area contributed by atoms with Gasteiger partial charge in [0.25, 0.3) is 5.91 Å². The molecule has 1 fully saturated rings. The summed E-state index contributed by atoms with van der Waals surface area (Å²) in [6.07, 6.45) is 3.29. The number of nitrogens with zero attached hydrogens (tertiary/aromatic N) is 2. The van der Waals surface area contributed by atoms with Crippen molar-refractivity contribution in [2.45, 2.75) is 31.8 Å². The third-order valence-electron chi connectivity index (χ3n) is 4.92. The number of carbonyl (C=O) groups excluding carboxylic acids is 1. The van der Waals surface area contributed by atoms with Gasteiger partial charge in [0.15, 0.2) is 0 Å². The molecule has 29 heavy (non-hydrogen) atoms. The van der Waals surface area contributed by atoms with Crippen LogP contribution in [0.5, 0.6) is 5.75 Å². The Kier molecular flexibility index (Phi) is 8.09. The maximum absolute atomic E-state index is 13.0. The van der Waals surface area contributed by atoms with Crippen LogP contribution in [0.25, 0.3) is 0 Å².